The first-order valence-electron chi connectivity index (χ1n) is 7.30. The Morgan fingerprint density at radius 2 is 1.76 bits per heavy atom. The van der Waals surface area contributed by atoms with E-state index in [0.29, 0.717) is 25.9 Å². The summed E-state index contributed by atoms with van der Waals surface area (Å²) in [5.74, 6) is -1.31. The minimum Gasteiger partial charge on any atom is -0.481 e. The van der Waals surface area contributed by atoms with Crippen LogP contribution in [-0.4, -0.2) is 46.3 Å². The summed E-state index contributed by atoms with van der Waals surface area (Å²) in [7, 11) is 0. The molecule has 0 heterocycles. The molecule has 0 rings (SSSR count). The number of carboxylic acid groups (broad SMARTS) is 1. The first-order chi connectivity index (χ1) is 9.82. The van der Waals surface area contributed by atoms with Crippen LogP contribution >= 0.6 is 0 Å². The lowest BCUT2D eigenvalue weighted by Gasteiger charge is -2.16. The normalized spacial score (nSPS) is 10.5. The summed E-state index contributed by atoms with van der Waals surface area (Å²) in [6.45, 7) is 4.60. The molecule has 21 heavy (non-hydrogen) atoms. The molecule has 7 nitrogen and oxygen atoms in total. The molecule has 0 saturated heterocycles. The Labute approximate surface area is 125 Å². The van der Waals surface area contributed by atoms with Gasteiger partial charge in [0.15, 0.2) is 0 Å². The van der Waals surface area contributed by atoms with Gasteiger partial charge in [0.1, 0.15) is 0 Å². The average Bonchev–Trinajstić information content (AvgIpc) is 2.39. The van der Waals surface area contributed by atoms with Crippen LogP contribution in [0, 0.1) is 5.92 Å². The average molecular weight is 302 g/mol. The molecule has 0 aromatic carbocycles. The number of rotatable bonds is 11. The molecule has 0 unspecified atom stereocenters. The van der Waals surface area contributed by atoms with Gasteiger partial charge < -0.3 is 10.4 Å². The Kier molecular flexibility index (Phi) is 10.2. The van der Waals surface area contributed by atoms with Gasteiger partial charge in [0, 0.05) is 25.9 Å². The Balaban J connectivity index is 3.53. The first kappa shape index (κ1) is 19.4. The monoisotopic (exact) mass is 302 g/mol. The van der Waals surface area contributed by atoms with Gasteiger partial charge in [-0.2, -0.15) is 0 Å². The van der Waals surface area contributed by atoms with Crippen molar-refractivity contribution in [1.82, 2.24) is 10.4 Å². The molecule has 122 valence electrons. The number of nitrogens with one attached hydrogen (secondary N) is 1. The molecular weight excluding hydrogens is 276 g/mol. The zero-order valence-corrected chi connectivity index (χ0v) is 12.8. The summed E-state index contributed by atoms with van der Waals surface area (Å²) < 4.78 is 0. The third-order valence-corrected chi connectivity index (χ3v) is 2.81. The van der Waals surface area contributed by atoms with Gasteiger partial charge in [0.25, 0.3) is 0 Å². The fourth-order valence-corrected chi connectivity index (χ4v) is 1.68. The highest BCUT2D eigenvalue weighted by molar-refractivity contribution is 5.80. The van der Waals surface area contributed by atoms with E-state index >= 15 is 0 Å². The van der Waals surface area contributed by atoms with E-state index in [-0.39, 0.29) is 30.6 Å². The van der Waals surface area contributed by atoms with Crippen LogP contribution in [0.2, 0.25) is 0 Å². The van der Waals surface area contributed by atoms with Gasteiger partial charge in [0.2, 0.25) is 11.8 Å². The third-order valence-electron chi connectivity index (χ3n) is 2.81. The molecule has 0 saturated carbocycles. The summed E-state index contributed by atoms with van der Waals surface area (Å²) >= 11 is 0. The number of hydrogen-bond acceptors (Lipinski definition) is 4. The molecule has 0 aliphatic heterocycles. The Morgan fingerprint density at radius 1 is 1.10 bits per heavy atom. The Morgan fingerprint density at radius 3 is 2.33 bits per heavy atom. The highest BCUT2D eigenvalue weighted by Gasteiger charge is 2.11. The second-order valence-corrected chi connectivity index (χ2v) is 5.42. The number of nitrogens with zero attached hydrogens (tertiary/aromatic N) is 1. The molecule has 7 heteroatoms. The van der Waals surface area contributed by atoms with Crippen molar-refractivity contribution < 1.29 is 24.7 Å². The van der Waals surface area contributed by atoms with Crippen molar-refractivity contribution in [3.05, 3.63) is 0 Å². The standard InChI is InChI=1S/C14H26N2O5/c1-11(2)10-13(18)16(21)9-5-3-4-8-15-12(17)6-7-14(19)20/h11,21H,3-10H2,1-2H3,(H,15,17)(H,19,20). The van der Waals surface area contributed by atoms with Gasteiger partial charge in [-0.05, 0) is 25.2 Å². The van der Waals surface area contributed by atoms with E-state index in [9.17, 15) is 19.6 Å². The summed E-state index contributed by atoms with van der Waals surface area (Å²) in [5.41, 5.74) is 0. The lowest BCUT2D eigenvalue weighted by molar-refractivity contribution is -0.166. The molecule has 0 aromatic heterocycles. The first-order valence-corrected chi connectivity index (χ1v) is 7.30. The molecule has 0 aliphatic carbocycles. The summed E-state index contributed by atoms with van der Waals surface area (Å²) in [4.78, 5) is 32.9. The molecule has 0 aliphatic rings. The summed E-state index contributed by atoms with van der Waals surface area (Å²) in [6.07, 6.45) is 2.31. The number of carbonyl (C=O) groups excluding carboxylic acids is 2. The van der Waals surface area contributed by atoms with Crippen LogP contribution in [0.15, 0.2) is 0 Å². The maximum Gasteiger partial charge on any atom is 0.303 e. The van der Waals surface area contributed by atoms with Crippen LogP contribution in [0.1, 0.15) is 52.4 Å². The van der Waals surface area contributed by atoms with Crippen molar-refractivity contribution in [3.63, 3.8) is 0 Å². The van der Waals surface area contributed by atoms with Crippen molar-refractivity contribution in [3.8, 4) is 0 Å². The second kappa shape index (κ2) is 11.1. The van der Waals surface area contributed by atoms with E-state index in [4.69, 9.17) is 5.11 Å². The van der Waals surface area contributed by atoms with Crippen molar-refractivity contribution in [1.29, 1.82) is 0 Å². The molecule has 0 spiro atoms. The molecule has 3 N–H and O–H groups in total. The van der Waals surface area contributed by atoms with Gasteiger partial charge in [-0.3, -0.25) is 19.6 Å². The smallest absolute Gasteiger partial charge is 0.303 e. The van der Waals surface area contributed by atoms with E-state index in [2.05, 4.69) is 5.32 Å². The number of amides is 2. The number of hydroxylamine groups is 2. The van der Waals surface area contributed by atoms with Gasteiger partial charge >= 0.3 is 5.97 Å². The van der Waals surface area contributed by atoms with E-state index < -0.39 is 5.97 Å². The zero-order chi connectivity index (χ0) is 16.3. The third kappa shape index (κ3) is 11.9. The van der Waals surface area contributed by atoms with E-state index in [1.807, 2.05) is 13.8 Å². The minimum atomic E-state index is -0.987. The maximum atomic E-state index is 11.5. The predicted molar refractivity (Wildman–Crippen MR) is 76.7 cm³/mol. The number of unbranched alkanes of at least 4 members (excludes halogenated alkanes) is 2. The summed E-state index contributed by atoms with van der Waals surface area (Å²) in [6, 6.07) is 0. The Bertz CT molecular complexity index is 344. The molecular formula is C14H26N2O5. The number of carbonyl (C=O) groups is 3. The van der Waals surface area contributed by atoms with Crippen molar-refractivity contribution >= 4 is 17.8 Å². The van der Waals surface area contributed by atoms with Crippen LogP contribution in [0.25, 0.3) is 0 Å². The van der Waals surface area contributed by atoms with Crippen LogP contribution < -0.4 is 5.32 Å². The predicted octanol–water partition coefficient (Wildman–Crippen LogP) is 1.40. The molecule has 0 fully saturated rings. The summed E-state index contributed by atoms with van der Waals surface area (Å²) in [5, 5.41) is 21.3. The largest absolute Gasteiger partial charge is 0.481 e. The van der Waals surface area contributed by atoms with E-state index in [1.54, 1.807) is 0 Å². The van der Waals surface area contributed by atoms with Gasteiger partial charge in [-0.15, -0.1) is 0 Å². The fraction of sp³-hybridized carbons (Fsp3) is 0.786. The van der Waals surface area contributed by atoms with Gasteiger partial charge in [-0.1, -0.05) is 13.8 Å². The van der Waals surface area contributed by atoms with Gasteiger partial charge in [0.05, 0.1) is 6.42 Å². The molecule has 0 radical (unpaired) electrons. The van der Waals surface area contributed by atoms with Crippen molar-refractivity contribution in [2.45, 2.75) is 52.4 Å². The zero-order valence-electron chi connectivity index (χ0n) is 12.8. The van der Waals surface area contributed by atoms with Crippen LogP contribution in [0.5, 0.6) is 0 Å². The van der Waals surface area contributed by atoms with E-state index in [1.165, 1.54) is 0 Å². The Hall–Kier alpha value is -1.63. The lowest BCUT2D eigenvalue weighted by atomic mass is 10.1. The van der Waals surface area contributed by atoms with Crippen molar-refractivity contribution in [2.24, 2.45) is 5.92 Å². The minimum absolute atomic E-state index is 0.0105. The van der Waals surface area contributed by atoms with Crippen LogP contribution in [-0.2, 0) is 14.4 Å². The second-order valence-electron chi connectivity index (χ2n) is 5.42. The quantitative estimate of drug-likeness (QED) is 0.304. The SMILES string of the molecule is CC(C)CC(=O)N(O)CCCCCNC(=O)CCC(=O)O. The van der Waals surface area contributed by atoms with Crippen molar-refractivity contribution in [2.75, 3.05) is 13.1 Å². The molecule has 2 amide bonds. The number of hydrogen-bond donors (Lipinski definition) is 3. The lowest BCUT2D eigenvalue weighted by Crippen LogP contribution is -2.29. The molecule has 0 aromatic rings. The topological polar surface area (TPSA) is 107 Å². The number of aliphatic carboxylic acids is 1. The molecule has 0 bridgehead atoms. The number of carboxylic acids is 1. The molecule has 0 atom stereocenters. The van der Waals surface area contributed by atoms with Crippen LogP contribution in [0.3, 0.4) is 0 Å². The van der Waals surface area contributed by atoms with Gasteiger partial charge in [-0.25, -0.2) is 5.06 Å². The van der Waals surface area contributed by atoms with Crippen LogP contribution in [0.4, 0.5) is 0 Å². The fourth-order valence-electron chi connectivity index (χ4n) is 1.68. The van der Waals surface area contributed by atoms with E-state index in [0.717, 1.165) is 17.9 Å². The highest BCUT2D eigenvalue weighted by atomic mass is 16.5. The highest BCUT2D eigenvalue weighted by Crippen LogP contribution is 2.04. The maximum absolute atomic E-state index is 11.5.